The van der Waals surface area contributed by atoms with Gasteiger partial charge in [0.15, 0.2) is 0 Å². The topological polar surface area (TPSA) is 32.7 Å². The first-order chi connectivity index (χ1) is 8.16. The number of hydrogen-bond donors (Lipinski definition) is 1. The van der Waals surface area contributed by atoms with Gasteiger partial charge in [0, 0.05) is 25.4 Å². The van der Waals surface area contributed by atoms with Gasteiger partial charge in [-0.2, -0.15) is 0 Å². The van der Waals surface area contributed by atoms with E-state index in [9.17, 15) is 5.11 Å². The molecule has 1 aromatic carbocycles. The molecule has 1 N–H and O–H groups in total. The number of rotatable bonds is 2. The minimum absolute atomic E-state index is 0.286. The van der Waals surface area contributed by atoms with Gasteiger partial charge in [-0.05, 0) is 38.0 Å². The lowest BCUT2D eigenvalue weighted by molar-refractivity contribution is 0.0821. The van der Waals surface area contributed by atoms with Crippen molar-refractivity contribution >= 4 is 5.69 Å². The fourth-order valence-corrected chi connectivity index (χ4v) is 2.19. The van der Waals surface area contributed by atoms with E-state index in [4.69, 9.17) is 4.74 Å². The van der Waals surface area contributed by atoms with Crippen LogP contribution in [0.2, 0.25) is 0 Å². The number of hydrogen-bond acceptors (Lipinski definition) is 3. The number of ether oxygens (including phenoxy) is 1. The summed E-state index contributed by atoms with van der Waals surface area (Å²) in [5.74, 6) is 0. The van der Waals surface area contributed by atoms with E-state index in [1.807, 2.05) is 12.1 Å². The Morgan fingerprint density at radius 2 is 2.06 bits per heavy atom. The average molecular weight is 235 g/mol. The number of nitrogens with zero attached hydrogens (tertiary/aromatic N) is 1. The summed E-state index contributed by atoms with van der Waals surface area (Å²) in [6.07, 6.45) is 0.965. The van der Waals surface area contributed by atoms with Crippen LogP contribution in [0.1, 0.15) is 31.9 Å². The van der Waals surface area contributed by atoms with Gasteiger partial charge >= 0.3 is 0 Å². The van der Waals surface area contributed by atoms with E-state index in [2.05, 4.69) is 24.0 Å². The first-order valence-electron chi connectivity index (χ1n) is 6.31. The Morgan fingerprint density at radius 1 is 1.35 bits per heavy atom. The maximum atomic E-state index is 9.48. The normalized spacial score (nSPS) is 23.2. The van der Waals surface area contributed by atoms with Crippen LogP contribution < -0.4 is 4.90 Å². The van der Waals surface area contributed by atoms with E-state index in [-0.39, 0.29) is 6.10 Å². The summed E-state index contributed by atoms with van der Waals surface area (Å²) in [5.41, 5.74) is 2.18. The summed E-state index contributed by atoms with van der Waals surface area (Å²) in [5, 5.41) is 9.48. The van der Waals surface area contributed by atoms with Crippen molar-refractivity contribution in [3.63, 3.8) is 0 Å². The molecule has 0 bridgehead atoms. The highest BCUT2D eigenvalue weighted by molar-refractivity contribution is 5.48. The Balaban J connectivity index is 2.10. The first-order valence-corrected chi connectivity index (χ1v) is 6.31. The lowest BCUT2D eigenvalue weighted by Crippen LogP contribution is -2.29. The van der Waals surface area contributed by atoms with Gasteiger partial charge in [-0.1, -0.05) is 12.1 Å². The largest absolute Gasteiger partial charge is 0.389 e. The Labute approximate surface area is 103 Å². The molecule has 0 radical (unpaired) electrons. The molecule has 94 valence electrons. The quantitative estimate of drug-likeness (QED) is 0.854. The summed E-state index contributed by atoms with van der Waals surface area (Å²) in [7, 11) is 0. The van der Waals surface area contributed by atoms with E-state index in [0.717, 1.165) is 31.7 Å². The Bertz CT molecular complexity index is 348. The zero-order chi connectivity index (χ0) is 12.3. The zero-order valence-electron chi connectivity index (χ0n) is 10.6. The second kappa shape index (κ2) is 5.52. The molecule has 2 atom stereocenters. The van der Waals surface area contributed by atoms with E-state index in [1.165, 1.54) is 5.69 Å². The van der Waals surface area contributed by atoms with Crippen LogP contribution in [0.15, 0.2) is 24.3 Å². The smallest absolute Gasteiger partial charge is 0.0761 e. The molecule has 0 spiro atoms. The predicted octanol–water partition coefficient (Wildman–Crippen LogP) is 2.36. The SMILES string of the molecule is CC1CN(c2ccc([C@H](C)O)cc2)CCCO1. The average Bonchev–Trinajstić information content (AvgIpc) is 2.54. The lowest BCUT2D eigenvalue weighted by Gasteiger charge is -2.24. The van der Waals surface area contributed by atoms with Gasteiger partial charge in [0.2, 0.25) is 0 Å². The van der Waals surface area contributed by atoms with Gasteiger partial charge in [-0.15, -0.1) is 0 Å². The van der Waals surface area contributed by atoms with Gasteiger partial charge < -0.3 is 14.7 Å². The molecule has 2 rings (SSSR count). The second-order valence-corrected chi connectivity index (χ2v) is 4.75. The third-order valence-corrected chi connectivity index (χ3v) is 3.19. The van der Waals surface area contributed by atoms with Crippen LogP contribution in [0.5, 0.6) is 0 Å². The highest BCUT2D eigenvalue weighted by Crippen LogP contribution is 2.21. The number of aliphatic hydroxyl groups is 1. The maximum Gasteiger partial charge on any atom is 0.0761 e. The minimum atomic E-state index is -0.393. The highest BCUT2D eigenvalue weighted by Gasteiger charge is 2.15. The van der Waals surface area contributed by atoms with Crippen LogP contribution in [0.3, 0.4) is 0 Å². The molecule has 0 saturated carbocycles. The Morgan fingerprint density at radius 3 is 2.71 bits per heavy atom. The molecule has 3 nitrogen and oxygen atoms in total. The molecule has 0 amide bonds. The summed E-state index contributed by atoms with van der Waals surface area (Å²) in [4.78, 5) is 2.35. The van der Waals surface area contributed by atoms with Gasteiger partial charge in [0.05, 0.1) is 12.2 Å². The van der Waals surface area contributed by atoms with Crippen LogP contribution in [0, 0.1) is 0 Å². The van der Waals surface area contributed by atoms with Crippen molar-refractivity contribution in [2.45, 2.75) is 32.5 Å². The van der Waals surface area contributed by atoms with E-state index < -0.39 is 6.10 Å². The molecule has 0 aromatic heterocycles. The molecule has 17 heavy (non-hydrogen) atoms. The Hall–Kier alpha value is -1.06. The van der Waals surface area contributed by atoms with Crippen molar-refractivity contribution in [3.05, 3.63) is 29.8 Å². The molecule has 3 heteroatoms. The monoisotopic (exact) mass is 235 g/mol. The maximum absolute atomic E-state index is 9.48. The lowest BCUT2D eigenvalue weighted by atomic mass is 10.1. The Kier molecular flexibility index (Phi) is 4.02. The molecule has 1 heterocycles. The summed E-state index contributed by atoms with van der Waals surface area (Å²) in [6.45, 7) is 6.73. The third kappa shape index (κ3) is 3.20. The van der Waals surface area contributed by atoms with Gasteiger partial charge in [0.1, 0.15) is 0 Å². The molecule has 1 aromatic rings. The molecular formula is C14H21NO2. The van der Waals surface area contributed by atoms with Crippen molar-refractivity contribution < 1.29 is 9.84 Å². The first kappa shape index (κ1) is 12.4. The van der Waals surface area contributed by atoms with E-state index in [0.29, 0.717) is 0 Å². The summed E-state index contributed by atoms with van der Waals surface area (Å²) >= 11 is 0. The van der Waals surface area contributed by atoms with Gasteiger partial charge in [-0.25, -0.2) is 0 Å². The molecular weight excluding hydrogens is 214 g/mol. The van der Waals surface area contributed by atoms with Crippen LogP contribution >= 0.6 is 0 Å². The number of benzene rings is 1. The molecule has 1 aliphatic heterocycles. The molecule has 1 aliphatic rings. The van der Waals surface area contributed by atoms with Crippen LogP contribution in [-0.2, 0) is 4.74 Å². The summed E-state index contributed by atoms with van der Waals surface area (Å²) in [6, 6.07) is 8.16. The number of aliphatic hydroxyl groups excluding tert-OH is 1. The fraction of sp³-hybridized carbons (Fsp3) is 0.571. The van der Waals surface area contributed by atoms with Crippen molar-refractivity contribution in [2.75, 3.05) is 24.6 Å². The van der Waals surface area contributed by atoms with Crippen LogP contribution in [-0.4, -0.2) is 30.9 Å². The van der Waals surface area contributed by atoms with Crippen molar-refractivity contribution in [2.24, 2.45) is 0 Å². The summed E-state index contributed by atoms with van der Waals surface area (Å²) < 4.78 is 5.63. The van der Waals surface area contributed by atoms with E-state index in [1.54, 1.807) is 6.92 Å². The van der Waals surface area contributed by atoms with Gasteiger partial charge in [-0.3, -0.25) is 0 Å². The molecule has 1 saturated heterocycles. The predicted molar refractivity (Wildman–Crippen MR) is 69.3 cm³/mol. The van der Waals surface area contributed by atoms with Crippen LogP contribution in [0.4, 0.5) is 5.69 Å². The van der Waals surface area contributed by atoms with Crippen molar-refractivity contribution in [1.29, 1.82) is 0 Å². The fourth-order valence-electron chi connectivity index (χ4n) is 2.19. The zero-order valence-corrected chi connectivity index (χ0v) is 10.6. The van der Waals surface area contributed by atoms with Gasteiger partial charge in [0.25, 0.3) is 0 Å². The standard InChI is InChI=1S/C14H21NO2/c1-11-10-15(8-3-9-17-11)14-6-4-13(5-7-14)12(2)16/h4-7,11-12,16H,3,8-10H2,1-2H3/t11?,12-/m0/s1. The van der Waals surface area contributed by atoms with Crippen molar-refractivity contribution in [1.82, 2.24) is 0 Å². The van der Waals surface area contributed by atoms with Crippen LogP contribution in [0.25, 0.3) is 0 Å². The molecule has 1 unspecified atom stereocenters. The molecule has 1 fully saturated rings. The highest BCUT2D eigenvalue weighted by atomic mass is 16.5. The minimum Gasteiger partial charge on any atom is -0.389 e. The van der Waals surface area contributed by atoms with Crippen molar-refractivity contribution in [3.8, 4) is 0 Å². The second-order valence-electron chi connectivity index (χ2n) is 4.75. The molecule has 0 aliphatic carbocycles. The third-order valence-electron chi connectivity index (χ3n) is 3.19. The van der Waals surface area contributed by atoms with E-state index >= 15 is 0 Å². The number of anilines is 1.